The molecular weight excluding hydrogens is 326 g/mol. The Morgan fingerprint density at radius 2 is 1.85 bits per heavy atom. The summed E-state index contributed by atoms with van der Waals surface area (Å²) >= 11 is 0. The summed E-state index contributed by atoms with van der Waals surface area (Å²) < 4.78 is 0. The summed E-state index contributed by atoms with van der Waals surface area (Å²) in [5, 5.41) is 25.5. The molecule has 0 unspecified atom stereocenters. The SMILES string of the molecule is N#Cc1cccc([C@H]2CC(c3cccc(O)c3)=NN2c2ncccn2)c1. The van der Waals surface area contributed by atoms with Crippen molar-refractivity contribution in [3.63, 3.8) is 0 Å². The van der Waals surface area contributed by atoms with Crippen LogP contribution in [0, 0.1) is 11.3 Å². The Hall–Kier alpha value is -3.72. The van der Waals surface area contributed by atoms with E-state index in [1.54, 1.807) is 47.7 Å². The van der Waals surface area contributed by atoms with Crippen LogP contribution in [-0.4, -0.2) is 20.8 Å². The van der Waals surface area contributed by atoms with Crippen molar-refractivity contribution < 1.29 is 5.11 Å². The molecule has 3 aromatic rings. The fourth-order valence-electron chi connectivity index (χ4n) is 3.04. The van der Waals surface area contributed by atoms with Crippen LogP contribution in [-0.2, 0) is 0 Å². The van der Waals surface area contributed by atoms with Crippen molar-refractivity contribution in [1.29, 1.82) is 5.26 Å². The number of hydrogen-bond donors (Lipinski definition) is 1. The van der Waals surface area contributed by atoms with Crippen molar-refractivity contribution in [2.24, 2.45) is 5.10 Å². The molecule has 26 heavy (non-hydrogen) atoms. The molecule has 0 saturated heterocycles. The van der Waals surface area contributed by atoms with Gasteiger partial charge in [0.25, 0.3) is 0 Å². The Labute approximate surface area is 150 Å². The van der Waals surface area contributed by atoms with Crippen LogP contribution in [0.15, 0.2) is 72.1 Å². The van der Waals surface area contributed by atoms with Crippen LogP contribution in [0.5, 0.6) is 5.75 Å². The van der Waals surface area contributed by atoms with Crippen LogP contribution < -0.4 is 5.01 Å². The van der Waals surface area contributed by atoms with E-state index in [2.05, 4.69) is 16.0 Å². The minimum atomic E-state index is -0.122. The summed E-state index contributed by atoms with van der Waals surface area (Å²) in [6.07, 6.45) is 3.97. The highest BCUT2D eigenvalue weighted by atomic mass is 16.3. The second-order valence-electron chi connectivity index (χ2n) is 5.95. The average molecular weight is 341 g/mol. The zero-order valence-corrected chi connectivity index (χ0v) is 13.8. The number of nitriles is 1. The van der Waals surface area contributed by atoms with Crippen molar-refractivity contribution in [3.05, 3.63) is 83.7 Å². The number of phenolic OH excluding ortho intramolecular Hbond substituents is 1. The van der Waals surface area contributed by atoms with E-state index in [1.165, 1.54) is 0 Å². The molecule has 1 aromatic heterocycles. The van der Waals surface area contributed by atoms with Gasteiger partial charge in [0.2, 0.25) is 5.95 Å². The molecule has 6 nitrogen and oxygen atoms in total. The topological polar surface area (TPSA) is 85.4 Å². The fraction of sp³-hybridized carbons (Fsp3) is 0.100. The minimum Gasteiger partial charge on any atom is -0.508 e. The maximum atomic E-state index is 9.78. The summed E-state index contributed by atoms with van der Waals surface area (Å²) in [5.41, 5.74) is 3.25. The van der Waals surface area contributed by atoms with Gasteiger partial charge in [0, 0.05) is 24.4 Å². The van der Waals surface area contributed by atoms with Gasteiger partial charge < -0.3 is 5.11 Å². The van der Waals surface area contributed by atoms with Crippen molar-refractivity contribution >= 4 is 11.7 Å². The third-order valence-electron chi connectivity index (χ3n) is 4.25. The highest BCUT2D eigenvalue weighted by Gasteiger charge is 2.31. The Bertz CT molecular complexity index is 1010. The maximum Gasteiger partial charge on any atom is 0.246 e. The number of hydrazone groups is 1. The highest BCUT2D eigenvalue weighted by Crippen LogP contribution is 2.35. The van der Waals surface area contributed by atoms with Gasteiger partial charge in [-0.1, -0.05) is 24.3 Å². The molecule has 0 bridgehead atoms. The van der Waals surface area contributed by atoms with E-state index < -0.39 is 0 Å². The molecule has 0 saturated carbocycles. The van der Waals surface area contributed by atoms with Crippen LogP contribution in [0.2, 0.25) is 0 Å². The van der Waals surface area contributed by atoms with Crippen molar-refractivity contribution in [3.8, 4) is 11.8 Å². The molecule has 2 aromatic carbocycles. The van der Waals surface area contributed by atoms with Gasteiger partial charge in [-0.15, -0.1) is 0 Å². The zero-order valence-electron chi connectivity index (χ0n) is 13.8. The fourth-order valence-corrected chi connectivity index (χ4v) is 3.04. The van der Waals surface area contributed by atoms with E-state index in [-0.39, 0.29) is 11.8 Å². The Morgan fingerprint density at radius 1 is 1.04 bits per heavy atom. The molecule has 4 rings (SSSR count). The molecule has 2 heterocycles. The van der Waals surface area contributed by atoms with Gasteiger partial charge in [-0.25, -0.2) is 15.0 Å². The van der Waals surface area contributed by atoms with Crippen LogP contribution in [0.25, 0.3) is 0 Å². The van der Waals surface area contributed by atoms with E-state index >= 15 is 0 Å². The van der Waals surface area contributed by atoms with E-state index in [4.69, 9.17) is 5.10 Å². The number of benzene rings is 2. The smallest absolute Gasteiger partial charge is 0.246 e. The molecule has 126 valence electrons. The van der Waals surface area contributed by atoms with Gasteiger partial charge >= 0.3 is 0 Å². The Kier molecular flexibility index (Phi) is 4.04. The first kappa shape index (κ1) is 15.8. The van der Waals surface area contributed by atoms with Gasteiger partial charge in [0.15, 0.2) is 0 Å². The molecule has 1 N–H and O–H groups in total. The standard InChI is InChI=1S/C20H15N5O/c21-13-14-4-1-6-16(10-14)19-12-18(15-5-2-7-17(26)11-15)24-25(19)20-22-8-3-9-23-20/h1-11,19,26H,12H2/t19-/m1/s1. The zero-order chi connectivity index (χ0) is 17.9. The van der Waals surface area contributed by atoms with E-state index in [0.29, 0.717) is 17.9 Å². The monoisotopic (exact) mass is 341 g/mol. The highest BCUT2D eigenvalue weighted by molar-refractivity contribution is 6.03. The maximum absolute atomic E-state index is 9.78. The Balaban J connectivity index is 1.77. The quantitative estimate of drug-likeness (QED) is 0.789. The molecular formula is C20H15N5O. The number of anilines is 1. The van der Waals surface area contributed by atoms with E-state index in [1.807, 2.05) is 24.3 Å². The number of nitrogens with zero attached hydrogens (tertiary/aromatic N) is 5. The molecule has 1 atom stereocenters. The normalized spacial score (nSPS) is 16.2. The molecule has 0 spiro atoms. The van der Waals surface area contributed by atoms with Gasteiger partial charge in [0.05, 0.1) is 23.4 Å². The van der Waals surface area contributed by atoms with Gasteiger partial charge in [0.1, 0.15) is 5.75 Å². The van der Waals surface area contributed by atoms with Crippen LogP contribution >= 0.6 is 0 Å². The number of rotatable bonds is 3. The predicted molar refractivity (Wildman–Crippen MR) is 97.7 cm³/mol. The van der Waals surface area contributed by atoms with Gasteiger partial charge in [-0.3, -0.25) is 0 Å². The minimum absolute atomic E-state index is 0.122. The first-order valence-electron chi connectivity index (χ1n) is 8.18. The average Bonchev–Trinajstić information content (AvgIpc) is 3.14. The molecule has 6 heteroatoms. The molecule has 0 aliphatic carbocycles. The summed E-state index contributed by atoms with van der Waals surface area (Å²) in [5.74, 6) is 0.692. The first-order valence-corrected chi connectivity index (χ1v) is 8.18. The summed E-state index contributed by atoms with van der Waals surface area (Å²) in [6.45, 7) is 0. The lowest BCUT2D eigenvalue weighted by molar-refractivity contribution is 0.475. The molecule has 0 fully saturated rings. The number of aromatic nitrogens is 2. The van der Waals surface area contributed by atoms with Crippen LogP contribution in [0.4, 0.5) is 5.95 Å². The molecule has 1 aliphatic rings. The van der Waals surface area contributed by atoms with Crippen LogP contribution in [0.1, 0.15) is 29.2 Å². The third kappa shape index (κ3) is 2.98. The van der Waals surface area contributed by atoms with Gasteiger partial charge in [-0.2, -0.15) is 10.4 Å². The van der Waals surface area contributed by atoms with Crippen molar-refractivity contribution in [2.75, 3.05) is 5.01 Å². The molecule has 1 aliphatic heterocycles. The molecule has 0 radical (unpaired) electrons. The number of aromatic hydroxyl groups is 1. The van der Waals surface area contributed by atoms with Crippen LogP contribution in [0.3, 0.4) is 0 Å². The number of phenols is 1. The lowest BCUT2D eigenvalue weighted by Crippen LogP contribution is -2.20. The van der Waals surface area contributed by atoms with Crippen molar-refractivity contribution in [2.45, 2.75) is 12.5 Å². The second-order valence-corrected chi connectivity index (χ2v) is 5.95. The summed E-state index contributed by atoms with van der Waals surface area (Å²) in [6, 6.07) is 18.3. The largest absolute Gasteiger partial charge is 0.508 e. The molecule has 0 amide bonds. The van der Waals surface area contributed by atoms with E-state index in [0.717, 1.165) is 16.8 Å². The number of hydrogen-bond acceptors (Lipinski definition) is 6. The summed E-state index contributed by atoms with van der Waals surface area (Å²) in [7, 11) is 0. The lowest BCUT2D eigenvalue weighted by Gasteiger charge is -2.21. The van der Waals surface area contributed by atoms with E-state index in [9.17, 15) is 10.4 Å². The predicted octanol–water partition coefficient (Wildman–Crippen LogP) is 3.41. The lowest BCUT2D eigenvalue weighted by atomic mass is 9.97. The second kappa shape index (κ2) is 6.65. The Morgan fingerprint density at radius 3 is 2.62 bits per heavy atom. The van der Waals surface area contributed by atoms with Crippen molar-refractivity contribution in [1.82, 2.24) is 9.97 Å². The van der Waals surface area contributed by atoms with Gasteiger partial charge in [-0.05, 0) is 35.9 Å². The first-order chi connectivity index (χ1) is 12.7. The third-order valence-corrected chi connectivity index (χ3v) is 4.25. The summed E-state index contributed by atoms with van der Waals surface area (Å²) in [4.78, 5) is 8.64.